The normalized spacial score (nSPS) is 10.1. The second kappa shape index (κ2) is 11.3. The minimum atomic E-state index is -0.322. The van der Waals surface area contributed by atoms with E-state index in [1.165, 1.54) is 6.26 Å². The van der Waals surface area contributed by atoms with Gasteiger partial charge in [0.05, 0.1) is 12.1 Å². The summed E-state index contributed by atoms with van der Waals surface area (Å²) in [4.78, 5) is 24.3. The Labute approximate surface area is 158 Å². The van der Waals surface area contributed by atoms with Crippen LogP contribution < -0.4 is 16.4 Å². The Kier molecular flexibility index (Phi) is 9.43. The van der Waals surface area contributed by atoms with Crippen LogP contribution in [0.4, 0.5) is 5.69 Å². The van der Waals surface area contributed by atoms with E-state index in [4.69, 9.17) is 14.9 Å². The molecule has 0 bridgehead atoms. The van der Waals surface area contributed by atoms with Crippen molar-refractivity contribution in [1.29, 1.82) is 0 Å². The lowest BCUT2D eigenvalue weighted by Crippen LogP contribution is -2.25. The lowest BCUT2D eigenvalue weighted by molar-refractivity contribution is 0.0943. The van der Waals surface area contributed by atoms with Crippen molar-refractivity contribution in [2.24, 2.45) is 5.73 Å². The third kappa shape index (κ3) is 6.51. The van der Waals surface area contributed by atoms with Crippen LogP contribution in [0.25, 0.3) is 0 Å². The average molecular weight is 382 g/mol. The van der Waals surface area contributed by atoms with Gasteiger partial charge in [0, 0.05) is 31.0 Å². The summed E-state index contributed by atoms with van der Waals surface area (Å²) in [7, 11) is 0. The molecule has 142 valence electrons. The molecule has 0 aliphatic heterocycles. The molecule has 1 aromatic carbocycles. The van der Waals surface area contributed by atoms with Crippen molar-refractivity contribution in [2.45, 2.75) is 19.9 Å². The van der Waals surface area contributed by atoms with Crippen molar-refractivity contribution in [3.63, 3.8) is 0 Å². The smallest absolute Gasteiger partial charge is 0.258 e. The van der Waals surface area contributed by atoms with Crippen molar-refractivity contribution in [2.75, 3.05) is 25.1 Å². The van der Waals surface area contributed by atoms with Crippen LogP contribution in [0.2, 0.25) is 0 Å². The Morgan fingerprint density at radius 1 is 1.19 bits per heavy atom. The summed E-state index contributed by atoms with van der Waals surface area (Å²) in [6, 6.07) is 8.33. The highest BCUT2D eigenvalue weighted by Gasteiger charge is 2.11. The van der Waals surface area contributed by atoms with E-state index in [1.54, 1.807) is 30.3 Å². The van der Waals surface area contributed by atoms with Gasteiger partial charge in [-0.05, 0) is 37.6 Å². The highest BCUT2D eigenvalue weighted by molar-refractivity contribution is 6.05. The second-order valence-corrected chi connectivity index (χ2v) is 5.35. The summed E-state index contributed by atoms with van der Waals surface area (Å²) in [5.74, 6) is 0.0179. The zero-order chi connectivity index (χ0) is 18.1. The van der Waals surface area contributed by atoms with Crippen molar-refractivity contribution >= 4 is 29.9 Å². The maximum absolute atomic E-state index is 12.2. The van der Waals surface area contributed by atoms with Crippen LogP contribution in [0, 0.1) is 0 Å². The lowest BCUT2D eigenvalue weighted by atomic mass is 10.1. The molecule has 7 nitrogen and oxygen atoms in total. The van der Waals surface area contributed by atoms with Crippen LogP contribution in [-0.4, -0.2) is 31.6 Å². The first-order valence-corrected chi connectivity index (χ1v) is 8.19. The summed E-state index contributed by atoms with van der Waals surface area (Å²) in [5, 5.41) is 5.56. The number of halogens is 1. The molecule has 0 saturated carbocycles. The van der Waals surface area contributed by atoms with Crippen molar-refractivity contribution < 1.29 is 18.7 Å². The SMILES string of the molecule is CCOCCCNC(=O)c1cccc(NC(=O)c2coc(CN)c2)c1.Cl. The quantitative estimate of drug-likeness (QED) is 0.579. The Morgan fingerprint density at radius 2 is 2.00 bits per heavy atom. The molecule has 2 amide bonds. The van der Waals surface area contributed by atoms with Gasteiger partial charge in [-0.2, -0.15) is 0 Å². The number of furan rings is 1. The van der Waals surface area contributed by atoms with Crippen LogP contribution in [0.3, 0.4) is 0 Å². The highest BCUT2D eigenvalue weighted by atomic mass is 35.5. The van der Waals surface area contributed by atoms with E-state index in [0.29, 0.717) is 42.3 Å². The number of ether oxygens (including phenoxy) is 1. The van der Waals surface area contributed by atoms with Crippen molar-refractivity contribution in [3.05, 3.63) is 53.5 Å². The monoisotopic (exact) mass is 381 g/mol. The Balaban J connectivity index is 0.00000338. The standard InChI is InChI=1S/C18H23N3O4.ClH/c1-2-24-8-4-7-20-17(22)13-5-3-6-15(9-13)21-18(23)14-10-16(11-19)25-12-14;/h3,5-6,9-10,12H,2,4,7-8,11,19H2,1H3,(H,20,22)(H,21,23);1H. The average Bonchev–Trinajstić information content (AvgIpc) is 3.11. The zero-order valence-corrected chi connectivity index (χ0v) is 15.4. The van der Waals surface area contributed by atoms with E-state index in [1.807, 2.05) is 6.92 Å². The minimum absolute atomic E-state index is 0. The molecule has 1 aromatic heterocycles. The fourth-order valence-electron chi connectivity index (χ4n) is 2.17. The third-order valence-corrected chi connectivity index (χ3v) is 3.45. The molecule has 2 rings (SSSR count). The molecule has 0 saturated heterocycles. The zero-order valence-electron chi connectivity index (χ0n) is 14.6. The third-order valence-electron chi connectivity index (χ3n) is 3.45. The first-order valence-electron chi connectivity index (χ1n) is 8.19. The van der Waals surface area contributed by atoms with Crippen molar-refractivity contribution in [1.82, 2.24) is 5.32 Å². The van der Waals surface area contributed by atoms with Gasteiger partial charge in [-0.3, -0.25) is 9.59 Å². The fraction of sp³-hybridized carbons (Fsp3) is 0.333. The van der Waals surface area contributed by atoms with Crippen LogP contribution in [0.5, 0.6) is 0 Å². The van der Waals surface area contributed by atoms with Crippen LogP contribution in [0.15, 0.2) is 41.0 Å². The number of rotatable bonds is 9. The topological polar surface area (TPSA) is 107 Å². The number of hydrogen-bond donors (Lipinski definition) is 3. The molecule has 26 heavy (non-hydrogen) atoms. The maximum Gasteiger partial charge on any atom is 0.258 e. The molecule has 8 heteroatoms. The minimum Gasteiger partial charge on any atom is -0.467 e. The summed E-state index contributed by atoms with van der Waals surface area (Å²) >= 11 is 0. The summed E-state index contributed by atoms with van der Waals surface area (Å²) in [6.45, 7) is 3.97. The number of nitrogens with two attached hydrogens (primary N) is 1. The summed E-state index contributed by atoms with van der Waals surface area (Å²) < 4.78 is 10.4. The largest absolute Gasteiger partial charge is 0.467 e. The van der Waals surface area contributed by atoms with Gasteiger partial charge in [0.2, 0.25) is 0 Å². The molecule has 2 aromatic rings. The predicted molar refractivity (Wildman–Crippen MR) is 102 cm³/mol. The van der Waals surface area contributed by atoms with Gasteiger partial charge in [-0.1, -0.05) is 6.07 Å². The van der Waals surface area contributed by atoms with Gasteiger partial charge in [-0.15, -0.1) is 12.4 Å². The number of hydrogen-bond acceptors (Lipinski definition) is 5. The fourth-order valence-corrected chi connectivity index (χ4v) is 2.17. The molecule has 0 atom stereocenters. The number of nitrogens with one attached hydrogen (secondary N) is 2. The second-order valence-electron chi connectivity index (χ2n) is 5.35. The summed E-state index contributed by atoms with van der Waals surface area (Å²) in [6.07, 6.45) is 2.10. The number of carbonyl (C=O) groups is 2. The molecule has 0 aliphatic carbocycles. The molecule has 4 N–H and O–H groups in total. The highest BCUT2D eigenvalue weighted by Crippen LogP contribution is 2.14. The molecule has 0 spiro atoms. The number of carbonyl (C=O) groups excluding carboxylic acids is 2. The Morgan fingerprint density at radius 3 is 2.69 bits per heavy atom. The number of benzene rings is 1. The van der Waals surface area contributed by atoms with Crippen LogP contribution in [-0.2, 0) is 11.3 Å². The van der Waals surface area contributed by atoms with Gasteiger partial charge >= 0.3 is 0 Å². The summed E-state index contributed by atoms with van der Waals surface area (Å²) in [5.41, 5.74) is 6.84. The molecule has 0 aliphatic rings. The number of anilines is 1. The molecule has 0 radical (unpaired) electrons. The first-order chi connectivity index (χ1) is 12.1. The van der Waals surface area contributed by atoms with Gasteiger partial charge in [0.1, 0.15) is 12.0 Å². The van der Waals surface area contributed by atoms with Crippen LogP contribution >= 0.6 is 12.4 Å². The predicted octanol–water partition coefficient (Wildman–Crippen LogP) is 2.57. The molecule has 0 unspecified atom stereocenters. The van der Waals surface area contributed by atoms with Gasteiger partial charge < -0.3 is 25.5 Å². The Bertz CT molecular complexity index is 718. The van der Waals surface area contributed by atoms with E-state index in [0.717, 1.165) is 6.42 Å². The van der Waals surface area contributed by atoms with Gasteiger partial charge in [0.15, 0.2) is 0 Å². The lowest BCUT2D eigenvalue weighted by Gasteiger charge is -2.08. The maximum atomic E-state index is 12.2. The molecular formula is C18H24ClN3O4. The molecule has 1 heterocycles. The van der Waals surface area contributed by atoms with Gasteiger partial charge in [-0.25, -0.2) is 0 Å². The first kappa shape index (κ1) is 21.7. The van der Waals surface area contributed by atoms with E-state index in [2.05, 4.69) is 10.6 Å². The number of amides is 2. The van der Waals surface area contributed by atoms with E-state index >= 15 is 0 Å². The Hall–Kier alpha value is -2.35. The molecular weight excluding hydrogens is 358 g/mol. The van der Waals surface area contributed by atoms with Crippen LogP contribution in [0.1, 0.15) is 39.8 Å². The van der Waals surface area contributed by atoms with Gasteiger partial charge in [0.25, 0.3) is 11.8 Å². The van der Waals surface area contributed by atoms with E-state index in [9.17, 15) is 9.59 Å². The van der Waals surface area contributed by atoms with E-state index < -0.39 is 0 Å². The molecule has 0 fully saturated rings. The van der Waals surface area contributed by atoms with Crippen molar-refractivity contribution in [3.8, 4) is 0 Å². The van der Waals surface area contributed by atoms with E-state index in [-0.39, 0.29) is 30.8 Å².